The fraction of sp³-hybridized carbons (Fsp3) is 0.630. The fourth-order valence-corrected chi connectivity index (χ4v) is 5.96. The van der Waals surface area contributed by atoms with Crippen LogP contribution in [0.25, 0.3) is 0 Å². The van der Waals surface area contributed by atoms with Crippen molar-refractivity contribution in [3.63, 3.8) is 0 Å². The first-order valence-corrected chi connectivity index (χ1v) is 12.8. The maximum absolute atomic E-state index is 14.0. The molecule has 4 rings (SSSR count). The van der Waals surface area contributed by atoms with Crippen molar-refractivity contribution in [3.8, 4) is 11.8 Å². The van der Waals surface area contributed by atoms with Crippen LogP contribution in [0.3, 0.4) is 0 Å². The lowest BCUT2D eigenvalue weighted by Gasteiger charge is -2.39. The lowest BCUT2D eigenvalue weighted by Crippen LogP contribution is -2.48. The van der Waals surface area contributed by atoms with Gasteiger partial charge in [0.25, 0.3) is 0 Å². The van der Waals surface area contributed by atoms with Gasteiger partial charge in [-0.2, -0.15) is 0 Å². The molecule has 5 nitrogen and oxygen atoms in total. The highest BCUT2D eigenvalue weighted by molar-refractivity contribution is 7.15. The Hall–Kier alpha value is -2.10. The number of amides is 1. The highest BCUT2D eigenvalue weighted by Gasteiger charge is 2.49. The molecule has 1 aromatic heterocycles. The Labute approximate surface area is 201 Å². The number of allylic oxidation sites excluding steroid dienone is 2. The summed E-state index contributed by atoms with van der Waals surface area (Å²) in [6.45, 7) is 11.1. The first-order valence-electron chi connectivity index (χ1n) is 12.0. The number of hydrogen-bond acceptors (Lipinski definition) is 4. The maximum Gasteiger partial charge on any atom is 0.348 e. The summed E-state index contributed by atoms with van der Waals surface area (Å²) < 4.78 is 5.68. The zero-order chi connectivity index (χ0) is 24.0. The Balaban J connectivity index is 1.72. The van der Waals surface area contributed by atoms with Crippen molar-refractivity contribution in [1.82, 2.24) is 0 Å². The summed E-state index contributed by atoms with van der Waals surface area (Å²) >= 11 is 1.17. The highest BCUT2D eigenvalue weighted by Crippen LogP contribution is 2.45. The average molecular weight is 470 g/mol. The molecule has 2 atom stereocenters. The molecule has 2 aliphatic carbocycles. The molecule has 2 heterocycles. The quantitative estimate of drug-likeness (QED) is 0.340. The molecule has 1 spiro atoms. The molecule has 1 saturated carbocycles. The van der Waals surface area contributed by atoms with Gasteiger partial charge in [-0.3, -0.25) is 4.79 Å². The second kappa shape index (κ2) is 8.92. The average Bonchev–Trinajstić information content (AvgIpc) is 3.34. The van der Waals surface area contributed by atoms with E-state index in [-0.39, 0.29) is 39.7 Å². The third-order valence-electron chi connectivity index (χ3n) is 7.12. The molecule has 0 aromatic carbocycles. The maximum atomic E-state index is 14.0. The second-order valence-electron chi connectivity index (χ2n) is 11.1. The molecule has 1 aliphatic heterocycles. The van der Waals surface area contributed by atoms with Gasteiger partial charge in [0.05, 0.1) is 22.8 Å². The van der Waals surface area contributed by atoms with E-state index >= 15 is 0 Å². The fourth-order valence-electron chi connectivity index (χ4n) is 5.11. The third kappa shape index (κ3) is 5.36. The molecular weight excluding hydrogens is 434 g/mol. The van der Waals surface area contributed by atoms with E-state index < -0.39 is 5.97 Å². The third-order valence-corrected chi connectivity index (χ3v) is 8.14. The Morgan fingerprint density at radius 2 is 1.94 bits per heavy atom. The number of aromatic carboxylic acids is 1. The molecule has 2 fully saturated rings. The molecule has 6 heteroatoms. The molecule has 178 valence electrons. The Bertz CT molecular complexity index is 1020. The van der Waals surface area contributed by atoms with E-state index in [0.717, 1.165) is 38.7 Å². The van der Waals surface area contributed by atoms with Gasteiger partial charge >= 0.3 is 5.97 Å². The summed E-state index contributed by atoms with van der Waals surface area (Å²) in [5.41, 5.74) is 1.67. The Morgan fingerprint density at radius 1 is 1.27 bits per heavy atom. The summed E-state index contributed by atoms with van der Waals surface area (Å²) in [5.74, 6) is 5.51. The molecule has 1 aromatic rings. The van der Waals surface area contributed by atoms with E-state index in [9.17, 15) is 14.7 Å². The molecule has 1 amide bonds. The molecular formula is C27H35NO4S. The molecule has 0 bridgehead atoms. The van der Waals surface area contributed by atoms with Gasteiger partial charge in [0, 0.05) is 17.4 Å². The van der Waals surface area contributed by atoms with E-state index in [0.29, 0.717) is 17.0 Å². The van der Waals surface area contributed by atoms with E-state index in [1.54, 1.807) is 0 Å². The largest absolute Gasteiger partial charge is 0.477 e. The van der Waals surface area contributed by atoms with Gasteiger partial charge in [0.1, 0.15) is 4.88 Å². The van der Waals surface area contributed by atoms with Crippen molar-refractivity contribution in [2.45, 2.75) is 84.8 Å². The minimum absolute atomic E-state index is 0.0107. The zero-order valence-corrected chi connectivity index (χ0v) is 21.2. The summed E-state index contributed by atoms with van der Waals surface area (Å²) in [5, 5.41) is 10.0. The summed E-state index contributed by atoms with van der Waals surface area (Å²) in [7, 11) is 0. The van der Waals surface area contributed by atoms with E-state index in [2.05, 4.69) is 31.8 Å². The van der Waals surface area contributed by atoms with Crippen molar-refractivity contribution in [2.75, 3.05) is 11.5 Å². The van der Waals surface area contributed by atoms with Crippen LogP contribution in [0.2, 0.25) is 0 Å². The van der Waals surface area contributed by atoms with Crippen molar-refractivity contribution in [1.29, 1.82) is 0 Å². The Morgan fingerprint density at radius 3 is 2.48 bits per heavy atom. The summed E-state index contributed by atoms with van der Waals surface area (Å²) in [6, 6.07) is 1.82. The normalized spacial score (nSPS) is 29.1. The van der Waals surface area contributed by atoms with Gasteiger partial charge in [-0.15, -0.1) is 11.3 Å². The van der Waals surface area contributed by atoms with Crippen LogP contribution in [0.4, 0.5) is 5.69 Å². The number of carbonyl (C=O) groups excluding carboxylic acids is 1. The van der Waals surface area contributed by atoms with Gasteiger partial charge in [0.15, 0.2) is 0 Å². The molecule has 1 saturated heterocycles. The summed E-state index contributed by atoms with van der Waals surface area (Å²) in [6.07, 6.45) is 7.29. The van der Waals surface area contributed by atoms with Gasteiger partial charge in [-0.1, -0.05) is 30.4 Å². The van der Waals surface area contributed by atoms with Gasteiger partial charge in [-0.05, 0) is 78.2 Å². The monoisotopic (exact) mass is 469 g/mol. The molecule has 1 N–H and O–H groups in total. The topological polar surface area (TPSA) is 70.1 Å². The SMILES string of the molecule is CC1=CC[C@H](C(=O)N(c2cc(C#CC(C)(C)C)sc2C(=O)O)C2CCC3(CC2)CO3)[C@@H](C)C1. The van der Waals surface area contributed by atoms with Gasteiger partial charge < -0.3 is 14.7 Å². The first kappa shape index (κ1) is 24.0. The number of carboxylic acid groups (broad SMARTS) is 1. The number of anilines is 1. The highest BCUT2D eigenvalue weighted by atomic mass is 32.1. The molecule has 0 unspecified atom stereocenters. The predicted molar refractivity (Wildman–Crippen MR) is 132 cm³/mol. The molecule has 3 aliphatic rings. The Kier molecular flexibility index (Phi) is 6.50. The first-order chi connectivity index (χ1) is 15.5. The second-order valence-corrected chi connectivity index (χ2v) is 12.2. The van der Waals surface area contributed by atoms with Crippen molar-refractivity contribution >= 4 is 28.9 Å². The van der Waals surface area contributed by atoms with Crippen LogP contribution < -0.4 is 4.90 Å². The van der Waals surface area contributed by atoms with Crippen LogP contribution in [0.15, 0.2) is 17.7 Å². The number of epoxide rings is 1. The minimum atomic E-state index is -0.998. The number of thiophene rings is 1. The number of carboxylic acids is 1. The van der Waals surface area contributed by atoms with E-state index in [1.165, 1.54) is 16.9 Å². The lowest BCUT2D eigenvalue weighted by atomic mass is 9.79. The molecule has 0 radical (unpaired) electrons. The smallest absolute Gasteiger partial charge is 0.348 e. The number of ether oxygens (including phenoxy) is 1. The predicted octanol–water partition coefficient (Wildman–Crippen LogP) is 5.88. The van der Waals surface area contributed by atoms with E-state index in [1.807, 2.05) is 31.7 Å². The molecule has 33 heavy (non-hydrogen) atoms. The van der Waals surface area contributed by atoms with Crippen molar-refractivity contribution in [2.24, 2.45) is 17.3 Å². The van der Waals surface area contributed by atoms with E-state index in [4.69, 9.17) is 4.74 Å². The van der Waals surface area contributed by atoms with Gasteiger partial charge in [-0.25, -0.2) is 4.79 Å². The van der Waals surface area contributed by atoms with Crippen LogP contribution in [0, 0.1) is 29.1 Å². The lowest BCUT2D eigenvalue weighted by molar-refractivity contribution is -0.124. The van der Waals surface area contributed by atoms with Crippen LogP contribution in [-0.2, 0) is 9.53 Å². The van der Waals surface area contributed by atoms with Crippen LogP contribution >= 0.6 is 11.3 Å². The zero-order valence-electron chi connectivity index (χ0n) is 20.4. The van der Waals surface area contributed by atoms with Crippen LogP contribution in [0.5, 0.6) is 0 Å². The minimum Gasteiger partial charge on any atom is -0.477 e. The standard InChI is InChI=1S/C27H35NO4S/c1-17-6-7-21(18(2)14-17)24(29)28(19-8-12-27(13-9-19)16-32-27)22-15-20(10-11-26(3,4)5)33-23(22)25(30)31/h6,15,18-19,21H,7-9,12-14,16H2,1-5H3,(H,30,31)/t18-,19?,21-,27?/m0/s1. The van der Waals surface area contributed by atoms with Crippen molar-refractivity contribution in [3.05, 3.63) is 27.5 Å². The number of hydrogen-bond donors (Lipinski definition) is 1. The van der Waals surface area contributed by atoms with Gasteiger partial charge in [0.2, 0.25) is 5.91 Å². The van der Waals surface area contributed by atoms with Crippen LogP contribution in [-0.4, -0.2) is 35.2 Å². The number of carbonyl (C=O) groups is 2. The van der Waals surface area contributed by atoms with Crippen LogP contribution in [0.1, 0.15) is 87.7 Å². The summed E-state index contributed by atoms with van der Waals surface area (Å²) in [4.78, 5) is 29.0. The number of nitrogens with zero attached hydrogens (tertiary/aromatic N) is 1. The number of rotatable bonds is 4. The van der Waals surface area contributed by atoms with Crippen molar-refractivity contribution < 1.29 is 19.4 Å².